The highest BCUT2D eigenvalue weighted by Crippen LogP contribution is 2.21. The third kappa shape index (κ3) is 2.96. The predicted molar refractivity (Wildman–Crippen MR) is 78.2 cm³/mol. The molecule has 0 saturated carbocycles. The number of rotatable bonds is 3. The predicted octanol–water partition coefficient (Wildman–Crippen LogP) is 3.47. The van der Waals surface area contributed by atoms with Gasteiger partial charge in [0, 0.05) is 23.8 Å². The summed E-state index contributed by atoms with van der Waals surface area (Å²) in [6.45, 7) is 2.16. The van der Waals surface area contributed by atoms with Crippen molar-refractivity contribution in [1.29, 1.82) is 0 Å². The maximum atomic E-state index is 5.94. The Morgan fingerprint density at radius 2 is 1.89 bits per heavy atom. The molecule has 0 unspecified atom stereocenters. The fourth-order valence-corrected chi connectivity index (χ4v) is 2.41. The molecule has 5 heteroatoms. The van der Waals surface area contributed by atoms with Crippen molar-refractivity contribution in [2.75, 3.05) is 23.3 Å². The van der Waals surface area contributed by atoms with Gasteiger partial charge >= 0.3 is 0 Å². The first-order chi connectivity index (χ1) is 9.31. The van der Waals surface area contributed by atoms with Crippen LogP contribution < -0.4 is 10.2 Å². The van der Waals surface area contributed by atoms with Gasteiger partial charge in [-0.25, -0.2) is 0 Å². The lowest BCUT2D eigenvalue weighted by molar-refractivity contribution is 0.896. The maximum Gasteiger partial charge on any atom is 0.153 e. The van der Waals surface area contributed by atoms with Gasteiger partial charge < -0.3 is 10.2 Å². The number of halogens is 1. The molecule has 2 heterocycles. The van der Waals surface area contributed by atoms with E-state index < -0.39 is 0 Å². The Morgan fingerprint density at radius 1 is 1.05 bits per heavy atom. The zero-order valence-corrected chi connectivity index (χ0v) is 11.3. The molecule has 0 aliphatic carbocycles. The molecular weight excluding hydrogens is 260 g/mol. The first kappa shape index (κ1) is 12.2. The van der Waals surface area contributed by atoms with Crippen molar-refractivity contribution in [3.8, 4) is 0 Å². The van der Waals surface area contributed by atoms with E-state index in [1.165, 1.54) is 12.8 Å². The zero-order chi connectivity index (χ0) is 13.1. The van der Waals surface area contributed by atoms with E-state index in [9.17, 15) is 0 Å². The van der Waals surface area contributed by atoms with E-state index in [0.717, 1.165) is 30.4 Å². The number of hydrogen-bond donors (Lipinski definition) is 1. The van der Waals surface area contributed by atoms with Crippen molar-refractivity contribution in [3.05, 3.63) is 41.4 Å². The van der Waals surface area contributed by atoms with Crippen molar-refractivity contribution in [3.63, 3.8) is 0 Å². The summed E-state index contributed by atoms with van der Waals surface area (Å²) >= 11 is 5.94. The Bertz CT molecular complexity index is 550. The highest BCUT2D eigenvalue weighted by molar-refractivity contribution is 6.30. The Kier molecular flexibility index (Phi) is 3.51. The third-order valence-electron chi connectivity index (χ3n) is 3.18. The molecule has 1 aliphatic rings. The molecule has 0 bridgehead atoms. The summed E-state index contributed by atoms with van der Waals surface area (Å²) in [5.41, 5.74) is 0.913. The Labute approximate surface area is 117 Å². The Hall–Kier alpha value is -1.81. The van der Waals surface area contributed by atoms with Gasteiger partial charge in [0.15, 0.2) is 11.6 Å². The average molecular weight is 275 g/mol. The van der Waals surface area contributed by atoms with Gasteiger partial charge in [-0.15, -0.1) is 10.2 Å². The highest BCUT2D eigenvalue weighted by atomic mass is 35.5. The molecule has 1 aliphatic heterocycles. The quantitative estimate of drug-likeness (QED) is 0.930. The fourth-order valence-electron chi connectivity index (χ4n) is 2.22. The van der Waals surface area contributed by atoms with E-state index >= 15 is 0 Å². The second-order valence-corrected chi connectivity index (χ2v) is 5.04. The molecule has 98 valence electrons. The molecule has 19 heavy (non-hydrogen) atoms. The summed E-state index contributed by atoms with van der Waals surface area (Å²) in [5.74, 6) is 1.68. The lowest BCUT2D eigenvalue weighted by atomic mass is 10.3. The molecule has 1 aromatic heterocycles. The minimum atomic E-state index is 0.701. The topological polar surface area (TPSA) is 41.0 Å². The summed E-state index contributed by atoms with van der Waals surface area (Å²) in [5, 5.41) is 12.3. The summed E-state index contributed by atoms with van der Waals surface area (Å²) in [4.78, 5) is 2.26. The van der Waals surface area contributed by atoms with Crippen LogP contribution in [-0.2, 0) is 0 Å². The van der Waals surface area contributed by atoms with Crippen LogP contribution in [0.1, 0.15) is 12.8 Å². The van der Waals surface area contributed by atoms with Crippen LogP contribution in [0.4, 0.5) is 17.3 Å². The van der Waals surface area contributed by atoms with E-state index in [-0.39, 0.29) is 0 Å². The zero-order valence-electron chi connectivity index (χ0n) is 10.5. The summed E-state index contributed by atoms with van der Waals surface area (Å²) in [6, 6.07) is 11.5. The first-order valence-corrected chi connectivity index (χ1v) is 6.80. The van der Waals surface area contributed by atoms with Gasteiger partial charge in [-0.1, -0.05) is 17.7 Å². The summed E-state index contributed by atoms with van der Waals surface area (Å²) < 4.78 is 0. The minimum Gasteiger partial charge on any atom is -0.355 e. The minimum absolute atomic E-state index is 0.701. The SMILES string of the molecule is Clc1cccc(Nc2ccc(N3CCCC3)nn2)c1. The summed E-state index contributed by atoms with van der Waals surface area (Å²) in [7, 11) is 0. The van der Waals surface area contributed by atoms with Gasteiger partial charge in [0.25, 0.3) is 0 Å². The fraction of sp³-hybridized carbons (Fsp3) is 0.286. The van der Waals surface area contributed by atoms with Gasteiger partial charge in [0.1, 0.15) is 0 Å². The van der Waals surface area contributed by atoms with Crippen LogP contribution in [0.2, 0.25) is 5.02 Å². The molecule has 0 spiro atoms. The molecule has 1 N–H and O–H groups in total. The normalized spacial score (nSPS) is 14.7. The number of aromatic nitrogens is 2. The standard InChI is InChI=1S/C14H15ClN4/c15-11-4-3-5-12(10-11)16-13-6-7-14(18-17-13)19-8-1-2-9-19/h3-7,10H,1-2,8-9H2,(H,16,17). The van der Waals surface area contributed by atoms with E-state index in [4.69, 9.17) is 11.6 Å². The number of nitrogens with one attached hydrogen (secondary N) is 1. The van der Waals surface area contributed by atoms with E-state index in [1.807, 2.05) is 36.4 Å². The number of anilines is 3. The van der Waals surface area contributed by atoms with Crippen LogP contribution in [0, 0.1) is 0 Å². The smallest absolute Gasteiger partial charge is 0.153 e. The molecule has 1 saturated heterocycles. The van der Waals surface area contributed by atoms with Crippen molar-refractivity contribution in [2.45, 2.75) is 12.8 Å². The van der Waals surface area contributed by atoms with Crippen molar-refractivity contribution in [2.24, 2.45) is 0 Å². The molecule has 1 aromatic carbocycles. The second-order valence-electron chi connectivity index (χ2n) is 4.61. The number of benzene rings is 1. The molecule has 0 radical (unpaired) electrons. The molecular formula is C14H15ClN4. The largest absolute Gasteiger partial charge is 0.355 e. The van der Waals surface area contributed by atoms with E-state index in [1.54, 1.807) is 0 Å². The molecule has 1 fully saturated rings. The van der Waals surface area contributed by atoms with E-state index in [2.05, 4.69) is 20.4 Å². The Morgan fingerprint density at radius 3 is 2.58 bits per heavy atom. The van der Waals surface area contributed by atoms with Gasteiger partial charge in [-0.3, -0.25) is 0 Å². The van der Waals surface area contributed by atoms with Gasteiger partial charge in [-0.2, -0.15) is 0 Å². The molecule has 0 amide bonds. The van der Waals surface area contributed by atoms with Gasteiger partial charge in [-0.05, 0) is 43.2 Å². The van der Waals surface area contributed by atoms with Crippen LogP contribution in [0.3, 0.4) is 0 Å². The van der Waals surface area contributed by atoms with Crippen LogP contribution in [0.15, 0.2) is 36.4 Å². The number of hydrogen-bond acceptors (Lipinski definition) is 4. The van der Waals surface area contributed by atoms with E-state index in [0.29, 0.717) is 5.02 Å². The monoisotopic (exact) mass is 274 g/mol. The molecule has 3 rings (SSSR count). The van der Waals surface area contributed by atoms with Crippen LogP contribution in [0.5, 0.6) is 0 Å². The first-order valence-electron chi connectivity index (χ1n) is 6.42. The average Bonchev–Trinajstić information content (AvgIpc) is 2.94. The Balaban J connectivity index is 1.72. The third-order valence-corrected chi connectivity index (χ3v) is 3.41. The number of nitrogens with zero attached hydrogens (tertiary/aromatic N) is 3. The molecule has 2 aromatic rings. The van der Waals surface area contributed by atoms with Crippen LogP contribution >= 0.6 is 11.6 Å². The second kappa shape index (κ2) is 5.45. The van der Waals surface area contributed by atoms with Crippen LogP contribution in [-0.4, -0.2) is 23.3 Å². The molecule has 0 atom stereocenters. The van der Waals surface area contributed by atoms with Crippen molar-refractivity contribution >= 4 is 28.9 Å². The maximum absolute atomic E-state index is 5.94. The lowest BCUT2D eigenvalue weighted by Gasteiger charge is -2.15. The lowest BCUT2D eigenvalue weighted by Crippen LogP contribution is -2.19. The molecule has 4 nitrogen and oxygen atoms in total. The van der Waals surface area contributed by atoms with Crippen LogP contribution in [0.25, 0.3) is 0 Å². The summed E-state index contributed by atoms with van der Waals surface area (Å²) in [6.07, 6.45) is 2.48. The van der Waals surface area contributed by atoms with Crippen molar-refractivity contribution in [1.82, 2.24) is 10.2 Å². The van der Waals surface area contributed by atoms with Crippen molar-refractivity contribution < 1.29 is 0 Å². The highest BCUT2D eigenvalue weighted by Gasteiger charge is 2.13. The van der Waals surface area contributed by atoms with Gasteiger partial charge in [0.2, 0.25) is 0 Å². The van der Waals surface area contributed by atoms with Gasteiger partial charge in [0.05, 0.1) is 0 Å².